The van der Waals surface area contributed by atoms with E-state index < -0.39 is 0 Å². The second-order valence-electron chi connectivity index (χ2n) is 7.38. The van der Waals surface area contributed by atoms with E-state index in [0.29, 0.717) is 17.9 Å². The Balaban J connectivity index is 1.48. The lowest BCUT2D eigenvalue weighted by atomic mass is 9.99. The first-order chi connectivity index (χ1) is 11.7. The van der Waals surface area contributed by atoms with Gasteiger partial charge in [-0.25, -0.2) is 4.98 Å². The lowest BCUT2D eigenvalue weighted by Gasteiger charge is -2.26. The minimum absolute atomic E-state index is 0.183. The molecule has 1 aromatic rings. The average Bonchev–Trinajstić information content (AvgIpc) is 3.35. The van der Waals surface area contributed by atoms with E-state index in [2.05, 4.69) is 28.5 Å². The van der Waals surface area contributed by atoms with Crippen LogP contribution in [0.25, 0.3) is 0 Å². The molecule has 1 atom stereocenters. The summed E-state index contributed by atoms with van der Waals surface area (Å²) in [7, 11) is 0. The van der Waals surface area contributed by atoms with E-state index in [4.69, 9.17) is 9.72 Å². The van der Waals surface area contributed by atoms with Gasteiger partial charge in [0.05, 0.1) is 6.04 Å². The van der Waals surface area contributed by atoms with Crippen molar-refractivity contribution >= 4 is 5.91 Å². The number of nitrogens with zero attached hydrogens (tertiary/aromatic N) is 3. The third kappa shape index (κ3) is 2.90. The molecule has 3 heterocycles. The van der Waals surface area contributed by atoms with E-state index in [-0.39, 0.29) is 5.92 Å². The Morgan fingerprint density at radius 1 is 1.21 bits per heavy atom. The first-order valence-electron chi connectivity index (χ1n) is 9.29. The number of allylic oxidation sites excluding steroid dienone is 2. The summed E-state index contributed by atoms with van der Waals surface area (Å²) in [4.78, 5) is 19.5. The molecule has 0 radical (unpaired) electrons. The molecule has 5 heteroatoms. The van der Waals surface area contributed by atoms with Crippen LogP contribution in [0.4, 0.5) is 0 Å². The van der Waals surface area contributed by atoms with Crippen molar-refractivity contribution in [2.75, 3.05) is 26.3 Å². The fourth-order valence-electron chi connectivity index (χ4n) is 4.43. The number of carbonyl (C=O) groups is 1. The summed E-state index contributed by atoms with van der Waals surface area (Å²) in [6.45, 7) is 5.52. The summed E-state index contributed by atoms with van der Waals surface area (Å²) in [5, 5.41) is 0. The van der Waals surface area contributed by atoms with Crippen LogP contribution in [0.2, 0.25) is 0 Å². The van der Waals surface area contributed by atoms with Gasteiger partial charge < -0.3 is 14.2 Å². The van der Waals surface area contributed by atoms with Crippen LogP contribution in [0.5, 0.6) is 0 Å². The number of imidazole rings is 1. The molecule has 0 saturated carbocycles. The van der Waals surface area contributed by atoms with Crippen LogP contribution >= 0.6 is 0 Å². The van der Waals surface area contributed by atoms with Crippen molar-refractivity contribution < 1.29 is 9.53 Å². The van der Waals surface area contributed by atoms with Crippen LogP contribution in [-0.2, 0) is 9.53 Å². The van der Waals surface area contributed by atoms with E-state index in [9.17, 15) is 4.79 Å². The summed E-state index contributed by atoms with van der Waals surface area (Å²) in [6, 6.07) is 0.378. The van der Waals surface area contributed by atoms with Gasteiger partial charge in [0.1, 0.15) is 5.82 Å². The summed E-state index contributed by atoms with van der Waals surface area (Å²) >= 11 is 0. The van der Waals surface area contributed by atoms with Crippen LogP contribution in [0.15, 0.2) is 18.3 Å². The highest BCUT2D eigenvalue weighted by molar-refractivity contribution is 5.80. The number of amides is 1. The lowest BCUT2D eigenvalue weighted by molar-refractivity contribution is -0.134. The molecule has 3 aliphatic rings. The Labute approximate surface area is 143 Å². The lowest BCUT2D eigenvalue weighted by Crippen LogP contribution is -2.34. The standard InChI is InChI=1S/C19H27N3O2/c1-14-12-20-18(15-7-10-24-11-8-15)22(14)17-6-9-21(13-17)19(23)16-4-2-3-5-16/h2-3,12,15-17H,4-11,13H2,1H3. The molecule has 0 bridgehead atoms. The number of rotatable bonds is 3. The number of ether oxygens (including phenoxy) is 1. The van der Waals surface area contributed by atoms with Crippen molar-refractivity contribution in [2.24, 2.45) is 5.92 Å². The van der Waals surface area contributed by atoms with Crippen molar-refractivity contribution in [3.05, 3.63) is 29.9 Å². The molecule has 130 valence electrons. The Morgan fingerprint density at radius 3 is 2.71 bits per heavy atom. The van der Waals surface area contributed by atoms with Gasteiger partial charge in [0.15, 0.2) is 0 Å². The van der Waals surface area contributed by atoms with Crippen LogP contribution in [0.3, 0.4) is 0 Å². The van der Waals surface area contributed by atoms with Crippen molar-refractivity contribution in [1.29, 1.82) is 0 Å². The smallest absolute Gasteiger partial charge is 0.226 e. The highest BCUT2D eigenvalue weighted by atomic mass is 16.5. The fraction of sp³-hybridized carbons (Fsp3) is 0.684. The largest absolute Gasteiger partial charge is 0.381 e. The van der Waals surface area contributed by atoms with Crippen LogP contribution in [0, 0.1) is 12.8 Å². The van der Waals surface area contributed by atoms with Gasteiger partial charge in [0, 0.05) is 50.0 Å². The zero-order valence-electron chi connectivity index (χ0n) is 14.5. The van der Waals surface area contributed by atoms with E-state index in [1.807, 2.05) is 6.20 Å². The van der Waals surface area contributed by atoms with E-state index in [1.165, 1.54) is 11.5 Å². The quantitative estimate of drug-likeness (QED) is 0.801. The predicted octanol–water partition coefficient (Wildman–Crippen LogP) is 2.83. The number of hydrogen-bond donors (Lipinski definition) is 0. The molecule has 2 fully saturated rings. The first kappa shape index (κ1) is 15.9. The molecule has 0 N–H and O–H groups in total. The molecule has 0 spiro atoms. The average molecular weight is 329 g/mol. The number of carbonyl (C=O) groups excluding carboxylic acids is 1. The van der Waals surface area contributed by atoms with Gasteiger partial charge in [0.25, 0.3) is 0 Å². The molecule has 2 saturated heterocycles. The Morgan fingerprint density at radius 2 is 1.96 bits per heavy atom. The fourth-order valence-corrected chi connectivity index (χ4v) is 4.43. The summed E-state index contributed by atoms with van der Waals surface area (Å²) in [5.41, 5.74) is 1.22. The maximum Gasteiger partial charge on any atom is 0.226 e. The number of aryl methyl sites for hydroxylation is 1. The number of likely N-dealkylation sites (tertiary alicyclic amines) is 1. The Bertz CT molecular complexity index is 623. The van der Waals surface area contributed by atoms with Crippen molar-refractivity contribution in [3.8, 4) is 0 Å². The molecular weight excluding hydrogens is 302 g/mol. The van der Waals surface area contributed by atoms with Gasteiger partial charge in [-0.15, -0.1) is 0 Å². The minimum atomic E-state index is 0.183. The van der Waals surface area contributed by atoms with Crippen molar-refractivity contribution in [1.82, 2.24) is 14.5 Å². The second-order valence-corrected chi connectivity index (χ2v) is 7.38. The normalized spacial score (nSPS) is 25.7. The summed E-state index contributed by atoms with van der Waals surface area (Å²) < 4.78 is 7.92. The van der Waals surface area contributed by atoms with Crippen molar-refractivity contribution in [3.63, 3.8) is 0 Å². The molecule has 1 amide bonds. The second kappa shape index (κ2) is 6.71. The number of aromatic nitrogens is 2. The summed E-state index contributed by atoms with van der Waals surface area (Å²) in [5.74, 6) is 2.23. The van der Waals surface area contributed by atoms with E-state index in [1.54, 1.807) is 0 Å². The van der Waals surface area contributed by atoms with Gasteiger partial charge >= 0.3 is 0 Å². The SMILES string of the molecule is Cc1cnc(C2CCOCC2)n1C1CCN(C(=O)C2CC=CC2)C1. The van der Waals surface area contributed by atoms with Gasteiger partial charge in [-0.1, -0.05) is 12.2 Å². The maximum absolute atomic E-state index is 12.7. The van der Waals surface area contributed by atoms with Crippen LogP contribution in [-0.4, -0.2) is 46.7 Å². The third-order valence-corrected chi connectivity index (χ3v) is 5.79. The van der Waals surface area contributed by atoms with E-state index in [0.717, 1.165) is 58.4 Å². The van der Waals surface area contributed by atoms with Gasteiger partial charge in [-0.2, -0.15) is 0 Å². The van der Waals surface area contributed by atoms with Crippen molar-refractivity contribution in [2.45, 2.75) is 51.0 Å². The molecule has 4 rings (SSSR count). The third-order valence-electron chi connectivity index (χ3n) is 5.79. The van der Waals surface area contributed by atoms with Gasteiger partial charge in [0.2, 0.25) is 5.91 Å². The minimum Gasteiger partial charge on any atom is -0.381 e. The molecule has 1 aliphatic carbocycles. The van der Waals surface area contributed by atoms with Gasteiger partial charge in [-0.3, -0.25) is 4.79 Å². The van der Waals surface area contributed by atoms with Crippen LogP contribution in [0.1, 0.15) is 55.6 Å². The van der Waals surface area contributed by atoms with Crippen LogP contribution < -0.4 is 0 Å². The number of hydrogen-bond acceptors (Lipinski definition) is 3. The Kier molecular flexibility index (Phi) is 4.44. The molecule has 1 aromatic heterocycles. The monoisotopic (exact) mass is 329 g/mol. The predicted molar refractivity (Wildman–Crippen MR) is 91.9 cm³/mol. The zero-order valence-corrected chi connectivity index (χ0v) is 14.5. The van der Waals surface area contributed by atoms with Gasteiger partial charge in [-0.05, 0) is 39.0 Å². The molecule has 0 aromatic carbocycles. The first-order valence-corrected chi connectivity index (χ1v) is 9.29. The van der Waals surface area contributed by atoms with E-state index >= 15 is 0 Å². The highest BCUT2D eigenvalue weighted by Gasteiger charge is 2.34. The molecule has 5 nitrogen and oxygen atoms in total. The topological polar surface area (TPSA) is 47.4 Å². The maximum atomic E-state index is 12.7. The highest BCUT2D eigenvalue weighted by Crippen LogP contribution is 2.33. The molecule has 24 heavy (non-hydrogen) atoms. The molecule has 2 aliphatic heterocycles. The zero-order chi connectivity index (χ0) is 16.5. The Hall–Kier alpha value is -1.62. The summed E-state index contributed by atoms with van der Waals surface area (Å²) in [6.07, 6.45) is 11.3. The molecule has 1 unspecified atom stereocenters. The molecular formula is C19H27N3O2.